The Balaban J connectivity index is 1.43. The van der Waals surface area contributed by atoms with E-state index in [2.05, 4.69) is 11.1 Å². The smallest absolute Gasteiger partial charge is 0.410 e. The Morgan fingerprint density at radius 1 is 1.12 bits per heavy atom. The van der Waals surface area contributed by atoms with Crippen LogP contribution in [0.3, 0.4) is 0 Å². The van der Waals surface area contributed by atoms with Crippen LogP contribution in [-0.2, 0) is 25.5 Å². The van der Waals surface area contributed by atoms with Gasteiger partial charge in [0.15, 0.2) is 0 Å². The summed E-state index contributed by atoms with van der Waals surface area (Å²) in [6.45, 7) is 7.05. The van der Waals surface area contributed by atoms with E-state index in [0.717, 1.165) is 68.9 Å². The summed E-state index contributed by atoms with van der Waals surface area (Å²) in [5, 5.41) is 0. The first-order valence-corrected chi connectivity index (χ1v) is 14.2. The Bertz CT molecular complexity index is 906. The third kappa shape index (κ3) is 9.06. The Hall–Kier alpha value is -1.87. The van der Waals surface area contributed by atoms with Gasteiger partial charge < -0.3 is 14.4 Å². The normalized spacial score (nSPS) is 23.6. The third-order valence-electron chi connectivity index (χ3n) is 6.53. The SMILES string of the molecule is CC(C)(C)OC(=O)N1CCCC1COc1cncc(CC2CCC(CCOS(C)(=O)=O)CC2)c1. The van der Waals surface area contributed by atoms with Crippen molar-refractivity contribution in [1.29, 1.82) is 0 Å². The summed E-state index contributed by atoms with van der Waals surface area (Å²) in [6, 6.07) is 2.08. The van der Waals surface area contributed by atoms with Crippen molar-refractivity contribution in [1.82, 2.24) is 9.88 Å². The van der Waals surface area contributed by atoms with Crippen LogP contribution in [0.15, 0.2) is 18.5 Å². The Morgan fingerprint density at radius 3 is 2.50 bits per heavy atom. The van der Waals surface area contributed by atoms with Gasteiger partial charge in [0.2, 0.25) is 0 Å². The summed E-state index contributed by atoms with van der Waals surface area (Å²) >= 11 is 0. The molecule has 1 saturated heterocycles. The van der Waals surface area contributed by atoms with Crippen LogP contribution in [0.5, 0.6) is 5.75 Å². The van der Waals surface area contributed by atoms with Crippen molar-refractivity contribution in [3.05, 3.63) is 24.0 Å². The quantitative estimate of drug-likeness (QED) is 0.462. The molecule has 1 saturated carbocycles. The molecule has 0 spiro atoms. The van der Waals surface area contributed by atoms with Crippen LogP contribution in [-0.4, -0.2) is 62.1 Å². The summed E-state index contributed by atoms with van der Waals surface area (Å²) in [5.74, 6) is 1.87. The Morgan fingerprint density at radius 2 is 1.82 bits per heavy atom. The number of rotatable bonds is 9. The number of hydrogen-bond donors (Lipinski definition) is 0. The molecule has 2 heterocycles. The monoisotopic (exact) mass is 496 g/mol. The summed E-state index contributed by atoms with van der Waals surface area (Å²) in [4.78, 5) is 18.6. The molecule has 1 unspecified atom stereocenters. The minimum Gasteiger partial charge on any atom is -0.490 e. The van der Waals surface area contributed by atoms with E-state index in [-0.39, 0.29) is 18.7 Å². The van der Waals surface area contributed by atoms with Gasteiger partial charge in [0.25, 0.3) is 10.1 Å². The van der Waals surface area contributed by atoms with Gasteiger partial charge in [0, 0.05) is 12.7 Å². The standard InChI is InChI=1S/C25H40N2O6S/c1-25(2,3)33-24(28)27-12-5-6-22(27)18-31-23-15-21(16-26-17-23)14-20-9-7-19(8-10-20)11-13-32-34(4,29)30/h15-17,19-20,22H,5-14,18H2,1-4H3. The zero-order valence-electron chi connectivity index (χ0n) is 21.0. The molecule has 2 fully saturated rings. The lowest BCUT2D eigenvalue weighted by Crippen LogP contribution is -2.42. The predicted octanol–water partition coefficient (Wildman–Crippen LogP) is 4.58. The van der Waals surface area contributed by atoms with Crippen LogP contribution in [0.25, 0.3) is 0 Å². The van der Waals surface area contributed by atoms with E-state index in [1.807, 2.05) is 27.0 Å². The molecule has 3 rings (SSSR count). The Kier molecular flexibility index (Phi) is 9.20. The molecule has 9 heteroatoms. The molecular formula is C25H40N2O6S. The molecule has 1 aromatic heterocycles. The molecule has 192 valence electrons. The van der Waals surface area contributed by atoms with Gasteiger partial charge in [-0.25, -0.2) is 4.79 Å². The lowest BCUT2D eigenvalue weighted by atomic mass is 9.78. The fraction of sp³-hybridized carbons (Fsp3) is 0.760. The molecule has 2 aliphatic rings. The van der Waals surface area contributed by atoms with E-state index >= 15 is 0 Å². The van der Waals surface area contributed by atoms with Gasteiger partial charge in [0.05, 0.1) is 25.1 Å². The third-order valence-corrected chi connectivity index (χ3v) is 7.13. The molecule has 1 amide bonds. The molecular weight excluding hydrogens is 456 g/mol. The van der Waals surface area contributed by atoms with Crippen molar-refractivity contribution < 1.29 is 26.9 Å². The molecule has 0 radical (unpaired) electrons. The summed E-state index contributed by atoms with van der Waals surface area (Å²) in [7, 11) is -3.35. The molecule has 0 N–H and O–H groups in total. The summed E-state index contributed by atoms with van der Waals surface area (Å²) < 4.78 is 38.7. The van der Waals surface area contributed by atoms with Crippen molar-refractivity contribution in [2.45, 2.75) is 83.8 Å². The lowest BCUT2D eigenvalue weighted by molar-refractivity contribution is 0.0187. The van der Waals surface area contributed by atoms with Crippen LogP contribution in [0.1, 0.15) is 71.3 Å². The van der Waals surface area contributed by atoms with Crippen LogP contribution < -0.4 is 4.74 Å². The van der Waals surface area contributed by atoms with Crippen molar-refractivity contribution in [3.63, 3.8) is 0 Å². The molecule has 0 bridgehead atoms. The van der Waals surface area contributed by atoms with Gasteiger partial charge in [-0.3, -0.25) is 9.17 Å². The second-order valence-corrected chi connectivity index (χ2v) is 12.4. The van der Waals surface area contributed by atoms with Crippen LogP contribution in [0, 0.1) is 11.8 Å². The topological polar surface area (TPSA) is 95.0 Å². The number of nitrogens with zero attached hydrogens (tertiary/aromatic N) is 2. The fourth-order valence-corrected chi connectivity index (χ4v) is 5.24. The number of pyridine rings is 1. The van der Waals surface area contributed by atoms with E-state index < -0.39 is 15.7 Å². The van der Waals surface area contributed by atoms with E-state index in [0.29, 0.717) is 25.0 Å². The molecule has 8 nitrogen and oxygen atoms in total. The molecule has 1 aliphatic carbocycles. The van der Waals surface area contributed by atoms with E-state index in [1.165, 1.54) is 0 Å². The first-order valence-electron chi connectivity index (χ1n) is 12.4. The fourth-order valence-electron chi connectivity index (χ4n) is 4.84. The number of carbonyl (C=O) groups excluding carboxylic acids is 1. The lowest BCUT2D eigenvalue weighted by Gasteiger charge is -2.29. The van der Waals surface area contributed by atoms with Gasteiger partial charge in [-0.2, -0.15) is 8.42 Å². The molecule has 1 aromatic rings. The number of aromatic nitrogens is 1. The maximum atomic E-state index is 12.5. The van der Waals surface area contributed by atoms with Crippen LogP contribution in [0.4, 0.5) is 4.79 Å². The highest BCUT2D eigenvalue weighted by molar-refractivity contribution is 7.85. The van der Waals surface area contributed by atoms with Crippen molar-refractivity contribution >= 4 is 16.2 Å². The van der Waals surface area contributed by atoms with E-state index in [1.54, 1.807) is 11.1 Å². The molecule has 0 aromatic carbocycles. The first-order chi connectivity index (χ1) is 16.0. The van der Waals surface area contributed by atoms with Gasteiger partial charge in [-0.15, -0.1) is 0 Å². The van der Waals surface area contributed by atoms with Gasteiger partial charge in [0.1, 0.15) is 18.0 Å². The van der Waals surface area contributed by atoms with Gasteiger partial charge in [-0.1, -0.05) is 12.8 Å². The highest BCUT2D eigenvalue weighted by Gasteiger charge is 2.32. The number of ether oxygens (including phenoxy) is 2. The maximum absolute atomic E-state index is 12.5. The average Bonchev–Trinajstić information content (AvgIpc) is 3.21. The average molecular weight is 497 g/mol. The van der Waals surface area contributed by atoms with Crippen molar-refractivity contribution in [2.75, 3.05) is 26.0 Å². The second-order valence-electron chi connectivity index (χ2n) is 10.7. The van der Waals surface area contributed by atoms with E-state index in [9.17, 15) is 13.2 Å². The predicted molar refractivity (Wildman–Crippen MR) is 130 cm³/mol. The summed E-state index contributed by atoms with van der Waals surface area (Å²) in [6.07, 6.45) is 12.5. The molecule has 1 atom stereocenters. The van der Waals surface area contributed by atoms with E-state index in [4.69, 9.17) is 13.7 Å². The van der Waals surface area contributed by atoms with Crippen molar-refractivity contribution in [3.8, 4) is 5.75 Å². The zero-order chi connectivity index (χ0) is 24.8. The van der Waals surface area contributed by atoms with Gasteiger partial charge in [-0.05, 0) is 82.8 Å². The minimum absolute atomic E-state index is 0.0143. The first kappa shape index (κ1) is 26.7. The number of amides is 1. The molecule has 34 heavy (non-hydrogen) atoms. The Labute approximate surface area is 204 Å². The van der Waals surface area contributed by atoms with Crippen LogP contribution in [0.2, 0.25) is 0 Å². The molecule has 1 aliphatic heterocycles. The largest absolute Gasteiger partial charge is 0.490 e. The minimum atomic E-state index is -3.35. The second kappa shape index (κ2) is 11.7. The maximum Gasteiger partial charge on any atom is 0.410 e. The van der Waals surface area contributed by atoms with Gasteiger partial charge >= 0.3 is 6.09 Å². The number of hydrogen-bond acceptors (Lipinski definition) is 7. The van der Waals surface area contributed by atoms with Crippen molar-refractivity contribution in [2.24, 2.45) is 11.8 Å². The zero-order valence-corrected chi connectivity index (χ0v) is 21.8. The number of likely N-dealkylation sites (tertiary alicyclic amines) is 1. The highest BCUT2D eigenvalue weighted by Crippen LogP contribution is 2.33. The van der Waals surface area contributed by atoms with Crippen LogP contribution >= 0.6 is 0 Å². The number of carbonyl (C=O) groups is 1. The highest BCUT2D eigenvalue weighted by atomic mass is 32.2. The summed E-state index contributed by atoms with van der Waals surface area (Å²) in [5.41, 5.74) is 0.656.